The Morgan fingerprint density at radius 2 is 2.20 bits per heavy atom. The normalized spacial score (nSPS) is 17.3. The van der Waals surface area contributed by atoms with Crippen LogP contribution in [0.1, 0.15) is 11.1 Å². The molecule has 1 nitrogen and oxygen atoms in total. The highest BCUT2D eigenvalue weighted by Crippen LogP contribution is 2.19. The molecule has 1 aromatic carbocycles. The minimum absolute atomic E-state index is 0.353. The van der Waals surface area contributed by atoms with Gasteiger partial charge in [-0.25, -0.2) is 0 Å². The average Bonchev–Trinajstić information content (AvgIpc) is 2.27. The van der Waals surface area contributed by atoms with E-state index in [2.05, 4.69) is 12.1 Å². The van der Waals surface area contributed by atoms with Crippen LogP contribution in [0.25, 0.3) is 0 Å². The number of hydrogen-bond donors (Lipinski definition) is 1. The van der Waals surface area contributed by atoms with E-state index in [1.165, 1.54) is 11.1 Å². The van der Waals surface area contributed by atoms with Crippen LogP contribution < -0.4 is 5.73 Å². The fourth-order valence-corrected chi connectivity index (χ4v) is 1.52. The lowest BCUT2D eigenvalue weighted by molar-refractivity contribution is 0.721. The molecule has 51 valence electrons. The van der Waals surface area contributed by atoms with E-state index in [0.29, 0.717) is 6.04 Å². The largest absolute Gasteiger partial charge is 0.327 e. The first-order valence-electron chi connectivity index (χ1n) is 3.59. The van der Waals surface area contributed by atoms with Crippen molar-refractivity contribution in [3.63, 3.8) is 0 Å². The van der Waals surface area contributed by atoms with Gasteiger partial charge in [0.25, 0.3) is 0 Å². The predicted molar refractivity (Wildman–Crippen MR) is 40.7 cm³/mol. The lowest BCUT2D eigenvalue weighted by atomic mass is 10.1. The second-order valence-electron chi connectivity index (χ2n) is 2.86. The highest BCUT2D eigenvalue weighted by Gasteiger charge is 2.16. The van der Waals surface area contributed by atoms with E-state index < -0.39 is 0 Å². The standard InChI is InChI=1S/C9H10N/c10-9-5-7-3-1-2-4-8(7)6-9/h1,3-4,9H,5-6,10H2. The van der Waals surface area contributed by atoms with Gasteiger partial charge in [0.1, 0.15) is 0 Å². The van der Waals surface area contributed by atoms with Crippen molar-refractivity contribution in [2.75, 3.05) is 0 Å². The Morgan fingerprint density at radius 3 is 3.00 bits per heavy atom. The molecule has 1 aromatic rings. The molecular formula is C9H10N. The average molecular weight is 132 g/mol. The second-order valence-corrected chi connectivity index (χ2v) is 2.86. The van der Waals surface area contributed by atoms with Gasteiger partial charge < -0.3 is 5.73 Å². The molecule has 0 heterocycles. The fourth-order valence-electron chi connectivity index (χ4n) is 1.52. The van der Waals surface area contributed by atoms with Crippen molar-refractivity contribution < 1.29 is 0 Å². The van der Waals surface area contributed by atoms with Crippen LogP contribution in [0.4, 0.5) is 0 Å². The van der Waals surface area contributed by atoms with Gasteiger partial charge in [-0.3, -0.25) is 0 Å². The van der Waals surface area contributed by atoms with E-state index in [9.17, 15) is 0 Å². The number of nitrogens with two attached hydrogens (primary N) is 1. The molecule has 2 N–H and O–H groups in total. The van der Waals surface area contributed by atoms with Gasteiger partial charge >= 0.3 is 0 Å². The summed E-state index contributed by atoms with van der Waals surface area (Å²) >= 11 is 0. The Bertz CT molecular complexity index is 217. The summed E-state index contributed by atoms with van der Waals surface area (Å²) in [5.41, 5.74) is 8.56. The number of hydrogen-bond acceptors (Lipinski definition) is 1. The highest BCUT2D eigenvalue weighted by atomic mass is 14.6. The number of rotatable bonds is 0. The zero-order chi connectivity index (χ0) is 6.97. The molecule has 10 heavy (non-hydrogen) atoms. The van der Waals surface area contributed by atoms with E-state index in [1.807, 2.05) is 12.1 Å². The lowest BCUT2D eigenvalue weighted by Gasteiger charge is -1.94. The Kier molecular flexibility index (Phi) is 1.24. The molecule has 0 aromatic heterocycles. The minimum Gasteiger partial charge on any atom is -0.327 e. The van der Waals surface area contributed by atoms with Crippen molar-refractivity contribution in [2.45, 2.75) is 18.9 Å². The molecule has 1 unspecified atom stereocenters. The first-order valence-corrected chi connectivity index (χ1v) is 3.59. The fraction of sp³-hybridized carbons (Fsp3) is 0.333. The molecule has 1 radical (unpaired) electrons. The Labute approximate surface area is 60.9 Å². The van der Waals surface area contributed by atoms with Gasteiger partial charge in [0.15, 0.2) is 0 Å². The van der Waals surface area contributed by atoms with Crippen molar-refractivity contribution in [1.29, 1.82) is 0 Å². The maximum Gasteiger partial charge on any atom is 0.0120 e. The maximum absolute atomic E-state index is 5.77. The molecule has 1 aliphatic carbocycles. The van der Waals surface area contributed by atoms with E-state index in [1.54, 1.807) is 0 Å². The number of fused-ring (bicyclic) bond motifs is 1. The third kappa shape index (κ3) is 0.830. The topological polar surface area (TPSA) is 26.0 Å². The zero-order valence-corrected chi connectivity index (χ0v) is 5.80. The maximum atomic E-state index is 5.77. The van der Waals surface area contributed by atoms with Crippen LogP contribution in [0.5, 0.6) is 0 Å². The molecule has 0 amide bonds. The molecule has 0 aliphatic heterocycles. The first kappa shape index (κ1) is 5.93. The molecule has 1 heteroatoms. The van der Waals surface area contributed by atoms with Crippen molar-refractivity contribution in [3.8, 4) is 0 Å². The smallest absolute Gasteiger partial charge is 0.0120 e. The minimum atomic E-state index is 0.353. The van der Waals surface area contributed by atoms with Crippen molar-refractivity contribution in [2.24, 2.45) is 5.73 Å². The van der Waals surface area contributed by atoms with Gasteiger partial charge in [-0.15, -0.1) is 0 Å². The SMILES string of the molecule is NC1Cc2c[c]ccc2C1. The van der Waals surface area contributed by atoms with Gasteiger partial charge in [-0.2, -0.15) is 0 Å². The van der Waals surface area contributed by atoms with Crippen LogP contribution in [0.15, 0.2) is 18.2 Å². The second kappa shape index (κ2) is 2.10. The summed E-state index contributed by atoms with van der Waals surface area (Å²) in [6.07, 6.45) is 2.08. The van der Waals surface area contributed by atoms with Gasteiger partial charge in [0.05, 0.1) is 0 Å². The lowest BCUT2D eigenvalue weighted by Crippen LogP contribution is -2.18. The van der Waals surface area contributed by atoms with Gasteiger partial charge in [-0.05, 0) is 30.0 Å². The molecular weight excluding hydrogens is 122 g/mol. The van der Waals surface area contributed by atoms with Crippen LogP contribution in [-0.4, -0.2) is 6.04 Å². The number of benzene rings is 1. The monoisotopic (exact) mass is 132 g/mol. The van der Waals surface area contributed by atoms with Gasteiger partial charge in [0.2, 0.25) is 0 Å². The summed E-state index contributed by atoms with van der Waals surface area (Å²) in [7, 11) is 0. The molecule has 0 bridgehead atoms. The summed E-state index contributed by atoms with van der Waals surface area (Å²) in [4.78, 5) is 0. The van der Waals surface area contributed by atoms with Crippen LogP contribution in [0.3, 0.4) is 0 Å². The Balaban J connectivity index is 2.42. The van der Waals surface area contributed by atoms with Crippen LogP contribution in [0, 0.1) is 6.07 Å². The van der Waals surface area contributed by atoms with Crippen molar-refractivity contribution >= 4 is 0 Å². The van der Waals surface area contributed by atoms with E-state index >= 15 is 0 Å². The van der Waals surface area contributed by atoms with Crippen molar-refractivity contribution in [3.05, 3.63) is 35.4 Å². The van der Waals surface area contributed by atoms with Crippen LogP contribution >= 0.6 is 0 Å². The van der Waals surface area contributed by atoms with E-state index in [0.717, 1.165) is 12.8 Å². The molecule has 0 fully saturated rings. The third-order valence-electron chi connectivity index (χ3n) is 2.01. The quantitative estimate of drug-likeness (QED) is 0.558. The highest BCUT2D eigenvalue weighted by molar-refractivity contribution is 5.32. The Hall–Kier alpha value is -0.820. The molecule has 0 spiro atoms. The molecule has 0 saturated carbocycles. The van der Waals surface area contributed by atoms with Crippen LogP contribution in [0.2, 0.25) is 0 Å². The Morgan fingerprint density at radius 1 is 1.40 bits per heavy atom. The van der Waals surface area contributed by atoms with Crippen molar-refractivity contribution in [1.82, 2.24) is 0 Å². The summed E-state index contributed by atoms with van der Waals surface area (Å²) in [5, 5.41) is 0. The zero-order valence-electron chi connectivity index (χ0n) is 5.80. The van der Waals surface area contributed by atoms with Crippen LogP contribution in [-0.2, 0) is 12.8 Å². The predicted octanol–water partition coefficient (Wildman–Crippen LogP) is 0.913. The van der Waals surface area contributed by atoms with Gasteiger partial charge in [0, 0.05) is 6.04 Å². The third-order valence-corrected chi connectivity index (χ3v) is 2.01. The summed E-state index contributed by atoms with van der Waals surface area (Å²) in [6, 6.07) is 9.52. The molecule has 1 atom stereocenters. The summed E-state index contributed by atoms with van der Waals surface area (Å²) < 4.78 is 0. The summed E-state index contributed by atoms with van der Waals surface area (Å²) in [6.45, 7) is 0. The molecule has 0 saturated heterocycles. The summed E-state index contributed by atoms with van der Waals surface area (Å²) in [5.74, 6) is 0. The van der Waals surface area contributed by atoms with E-state index in [4.69, 9.17) is 5.73 Å². The van der Waals surface area contributed by atoms with E-state index in [-0.39, 0.29) is 0 Å². The van der Waals surface area contributed by atoms with Gasteiger partial charge in [-0.1, -0.05) is 18.2 Å². The first-order chi connectivity index (χ1) is 4.86. The molecule has 1 aliphatic rings. The molecule has 2 rings (SSSR count).